The van der Waals surface area contributed by atoms with Crippen molar-refractivity contribution in [1.82, 2.24) is 5.43 Å². The molecule has 1 rings (SSSR count). The van der Waals surface area contributed by atoms with Gasteiger partial charge in [0.1, 0.15) is 5.76 Å². The summed E-state index contributed by atoms with van der Waals surface area (Å²) in [4.78, 5) is 10.9. The van der Waals surface area contributed by atoms with Gasteiger partial charge in [-0.05, 0) is 12.5 Å². The highest BCUT2D eigenvalue weighted by molar-refractivity contribution is 5.74. The highest BCUT2D eigenvalue weighted by Crippen LogP contribution is 2.21. The van der Waals surface area contributed by atoms with Crippen molar-refractivity contribution >= 4 is 11.7 Å². The minimum atomic E-state index is -1.04. The van der Waals surface area contributed by atoms with Crippen LogP contribution in [0.2, 0.25) is 0 Å². The fourth-order valence-corrected chi connectivity index (χ4v) is 1.54. The molecule has 0 aliphatic heterocycles. The van der Waals surface area contributed by atoms with Crippen molar-refractivity contribution in [3.8, 4) is 0 Å². The largest absolute Gasteiger partial charge is 0.479 e. The lowest BCUT2D eigenvalue weighted by atomic mass is 10.1. The maximum Gasteiger partial charge on any atom is 0.337 e. The van der Waals surface area contributed by atoms with E-state index < -0.39 is 12.1 Å². The summed E-state index contributed by atoms with van der Waals surface area (Å²) >= 11 is 0. The summed E-state index contributed by atoms with van der Waals surface area (Å²) in [7, 11) is 1.35. The quantitative estimate of drug-likeness (QED) is 0.298. The third kappa shape index (κ3) is 4.06. The second kappa shape index (κ2) is 6.89. The van der Waals surface area contributed by atoms with Crippen LogP contribution in [0.25, 0.3) is 5.76 Å². The number of nitrogens with one attached hydrogen (secondary N) is 1. The summed E-state index contributed by atoms with van der Waals surface area (Å²) in [5.74, 6) is 4.63. The summed E-state index contributed by atoms with van der Waals surface area (Å²) in [6.45, 7) is 5.52. The number of carbonyl (C=O) groups is 1. The molecule has 0 aromatic heterocycles. The van der Waals surface area contributed by atoms with Gasteiger partial charge in [0.05, 0.1) is 0 Å². The third-order valence-corrected chi connectivity index (χ3v) is 2.55. The van der Waals surface area contributed by atoms with E-state index in [1.807, 2.05) is 0 Å². The van der Waals surface area contributed by atoms with Crippen LogP contribution in [-0.2, 0) is 14.3 Å². The highest BCUT2D eigenvalue weighted by atomic mass is 16.5. The van der Waals surface area contributed by atoms with Crippen LogP contribution < -0.4 is 11.3 Å². The van der Waals surface area contributed by atoms with E-state index in [4.69, 9.17) is 20.4 Å². The van der Waals surface area contributed by atoms with Gasteiger partial charge in [-0.1, -0.05) is 30.8 Å². The number of aliphatic carboxylic acids is 1. The zero-order valence-electron chi connectivity index (χ0n) is 10.9. The number of nitrogens with two attached hydrogens (primary N) is 1. The average molecular weight is 266 g/mol. The SMILES string of the molecule is C=C(OC(C)NN)c1ccc(C(OC)C(=O)O)cc1. The van der Waals surface area contributed by atoms with Crippen molar-refractivity contribution in [2.24, 2.45) is 5.84 Å². The summed E-state index contributed by atoms with van der Waals surface area (Å²) in [6, 6.07) is 6.76. The molecule has 4 N–H and O–H groups in total. The van der Waals surface area contributed by atoms with Gasteiger partial charge < -0.3 is 14.6 Å². The van der Waals surface area contributed by atoms with Crippen molar-refractivity contribution in [3.63, 3.8) is 0 Å². The Kier molecular flexibility index (Phi) is 5.50. The first-order valence-corrected chi connectivity index (χ1v) is 5.67. The third-order valence-electron chi connectivity index (χ3n) is 2.55. The lowest BCUT2D eigenvalue weighted by Gasteiger charge is -2.16. The van der Waals surface area contributed by atoms with Gasteiger partial charge in [0.25, 0.3) is 0 Å². The molecule has 19 heavy (non-hydrogen) atoms. The molecular weight excluding hydrogens is 248 g/mol. The Labute approximate surface area is 111 Å². The van der Waals surface area contributed by atoms with Gasteiger partial charge in [-0.25, -0.2) is 10.2 Å². The van der Waals surface area contributed by atoms with Crippen molar-refractivity contribution in [2.45, 2.75) is 19.3 Å². The van der Waals surface area contributed by atoms with Crippen molar-refractivity contribution in [3.05, 3.63) is 42.0 Å². The van der Waals surface area contributed by atoms with Gasteiger partial charge in [0, 0.05) is 12.7 Å². The molecule has 0 saturated carbocycles. The minimum absolute atomic E-state index is 0.363. The van der Waals surface area contributed by atoms with Gasteiger partial charge in [0.15, 0.2) is 12.3 Å². The first kappa shape index (κ1) is 15.2. The van der Waals surface area contributed by atoms with Crippen LogP contribution in [0.3, 0.4) is 0 Å². The molecule has 2 atom stereocenters. The zero-order chi connectivity index (χ0) is 14.4. The van der Waals surface area contributed by atoms with Crippen LogP contribution >= 0.6 is 0 Å². The number of carboxylic acids is 1. The maximum atomic E-state index is 10.9. The lowest BCUT2D eigenvalue weighted by Crippen LogP contribution is -2.34. The number of carboxylic acid groups (broad SMARTS) is 1. The Morgan fingerprint density at radius 1 is 1.42 bits per heavy atom. The molecular formula is C13H18N2O4. The molecule has 0 saturated heterocycles. The van der Waals surface area contributed by atoms with E-state index in [2.05, 4.69) is 12.0 Å². The molecule has 6 nitrogen and oxygen atoms in total. The first-order chi connectivity index (χ1) is 8.99. The zero-order valence-corrected chi connectivity index (χ0v) is 10.9. The standard InChI is InChI=1S/C13H18N2O4/c1-8(19-9(2)15-14)10-4-6-11(7-5-10)12(18-3)13(16)17/h4-7,9,12,15H,1,14H2,2-3H3,(H,16,17). The number of rotatable bonds is 7. The Hall–Kier alpha value is -1.89. The summed E-state index contributed by atoms with van der Waals surface area (Å²) in [5, 5.41) is 8.97. The molecule has 0 aliphatic rings. The fraction of sp³-hybridized carbons (Fsp3) is 0.308. The molecule has 0 spiro atoms. The topological polar surface area (TPSA) is 93.8 Å². The van der Waals surface area contributed by atoms with Crippen LogP contribution in [0, 0.1) is 0 Å². The van der Waals surface area contributed by atoms with Gasteiger partial charge in [-0.3, -0.25) is 5.84 Å². The number of methoxy groups -OCH3 is 1. The Bertz CT molecular complexity index is 444. The fourth-order valence-electron chi connectivity index (χ4n) is 1.54. The predicted molar refractivity (Wildman–Crippen MR) is 70.7 cm³/mol. The normalized spacial score (nSPS) is 13.6. The molecule has 6 heteroatoms. The van der Waals surface area contributed by atoms with Crippen LogP contribution in [0.15, 0.2) is 30.8 Å². The van der Waals surface area contributed by atoms with Gasteiger partial charge in [0.2, 0.25) is 0 Å². The average Bonchev–Trinajstić information content (AvgIpc) is 2.39. The lowest BCUT2D eigenvalue weighted by molar-refractivity contribution is -0.148. The van der Waals surface area contributed by atoms with Crippen LogP contribution in [0.4, 0.5) is 0 Å². The summed E-state index contributed by atoms with van der Waals surface area (Å²) in [6.07, 6.45) is -1.34. The second-order valence-electron chi connectivity index (χ2n) is 3.93. The summed E-state index contributed by atoms with van der Waals surface area (Å²) in [5.41, 5.74) is 3.73. The summed E-state index contributed by atoms with van der Waals surface area (Å²) < 4.78 is 10.3. The van der Waals surface area contributed by atoms with E-state index in [0.29, 0.717) is 11.3 Å². The van der Waals surface area contributed by atoms with Crippen LogP contribution in [0.5, 0.6) is 0 Å². The van der Waals surface area contributed by atoms with Crippen molar-refractivity contribution < 1.29 is 19.4 Å². The van der Waals surface area contributed by atoms with Crippen LogP contribution in [0.1, 0.15) is 24.2 Å². The molecule has 0 fully saturated rings. The maximum absolute atomic E-state index is 10.9. The predicted octanol–water partition coefficient (Wildman–Crippen LogP) is 1.26. The van der Waals surface area contributed by atoms with Crippen molar-refractivity contribution in [1.29, 1.82) is 0 Å². The second-order valence-corrected chi connectivity index (χ2v) is 3.93. The number of ether oxygens (including phenoxy) is 2. The molecule has 2 unspecified atom stereocenters. The van der Waals surface area contributed by atoms with Crippen molar-refractivity contribution in [2.75, 3.05) is 7.11 Å². The molecule has 0 aliphatic carbocycles. The molecule has 0 amide bonds. The monoisotopic (exact) mass is 266 g/mol. The molecule has 0 bridgehead atoms. The number of hydrogen-bond donors (Lipinski definition) is 3. The Morgan fingerprint density at radius 2 is 2.00 bits per heavy atom. The van der Waals surface area contributed by atoms with Gasteiger partial charge in [-0.2, -0.15) is 0 Å². The van der Waals surface area contributed by atoms with Crippen LogP contribution in [-0.4, -0.2) is 24.4 Å². The Morgan fingerprint density at radius 3 is 2.42 bits per heavy atom. The number of hydrogen-bond acceptors (Lipinski definition) is 5. The molecule has 1 aromatic carbocycles. The van der Waals surface area contributed by atoms with E-state index >= 15 is 0 Å². The van der Waals surface area contributed by atoms with E-state index in [9.17, 15) is 4.79 Å². The Balaban J connectivity index is 2.81. The first-order valence-electron chi connectivity index (χ1n) is 5.67. The highest BCUT2D eigenvalue weighted by Gasteiger charge is 2.18. The number of benzene rings is 1. The molecule has 0 radical (unpaired) electrons. The van der Waals surface area contributed by atoms with Gasteiger partial charge >= 0.3 is 5.97 Å². The molecule has 1 aromatic rings. The van der Waals surface area contributed by atoms with E-state index in [1.54, 1.807) is 31.2 Å². The number of hydrazine groups is 1. The van der Waals surface area contributed by atoms with E-state index in [1.165, 1.54) is 7.11 Å². The van der Waals surface area contributed by atoms with Gasteiger partial charge in [-0.15, -0.1) is 0 Å². The smallest absolute Gasteiger partial charge is 0.337 e. The minimum Gasteiger partial charge on any atom is -0.479 e. The molecule has 104 valence electrons. The van der Waals surface area contributed by atoms with E-state index in [0.717, 1.165) is 5.56 Å². The molecule has 0 heterocycles. The van der Waals surface area contributed by atoms with E-state index in [-0.39, 0.29) is 6.23 Å².